The van der Waals surface area contributed by atoms with Crippen molar-refractivity contribution in [2.24, 2.45) is 5.92 Å². The van der Waals surface area contributed by atoms with Crippen molar-refractivity contribution in [1.29, 1.82) is 0 Å². The molecule has 1 aromatic carbocycles. The Morgan fingerprint density at radius 3 is 2.88 bits per heavy atom. The lowest BCUT2D eigenvalue weighted by molar-refractivity contribution is 0.0599. The summed E-state index contributed by atoms with van der Waals surface area (Å²) >= 11 is 0. The van der Waals surface area contributed by atoms with E-state index in [0.717, 1.165) is 68.1 Å². The number of anilines is 1. The summed E-state index contributed by atoms with van der Waals surface area (Å²) in [5, 5.41) is 4.51. The zero-order valence-corrected chi connectivity index (χ0v) is 15.0. The molecule has 1 saturated heterocycles. The first-order chi connectivity index (χ1) is 12.1. The van der Waals surface area contributed by atoms with Gasteiger partial charge in [-0.2, -0.15) is 5.10 Å². The lowest BCUT2D eigenvalue weighted by Crippen LogP contribution is -2.30. The fourth-order valence-corrected chi connectivity index (χ4v) is 4.01. The Morgan fingerprint density at radius 1 is 1.28 bits per heavy atom. The van der Waals surface area contributed by atoms with Gasteiger partial charge in [-0.25, -0.2) is 0 Å². The number of carbonyl (C=O) groups is 1. The van der Waals surface area contributed by atoms with Crippen LogP contribution in [-0.2, 0) is 17.7 Å². The number of hydrogen-bond donors (Lipinski definition) is 0. The van der Waals surface area contributed by atoms with Gasteiger partial charge < -0.3 is 9.64 Å². The molecule has 3 heterocycles. The molecule has 5 heteroatoms. The number of para-hydroxylation sites is 1. The topological polar surface area (TPSA) is 47.4 Å². The van der Waals surface area contributed by atoms with Crippen LogP contribution in [0.5, 0.6) is 0 Å². The summed E-state index contributed by atoms with van der Waals surface area (Å²) in [6.07, 6.45) is 4.81. The highest BCUT2D eigenvalue weighted by Gasteiger charge is 2.29. The fourth-order valence-electron chi connectivity index (χ4n) is 4.01. The maximum Gasteiger partial charge on any atom is 0.261 e. The van der Waals surface area contributed by atoms with E-state index in [2.05, 4.69) is 30.2 Å². The van der Waals surface area contributed by atoms with Crippen molar-refractivity contribution in [3.05, 3.63) is 46.8 Å². The minimum Gasteiger partial charge on any atom is -0.381 e. The quantitative estimate of drug-likeness (QED) is 0.863. The number of rotatable bonds is 3. The average molecular weight is 339 g/mol. The Morgan fingerprint density at radius 2 is 2.08 bits per heavy atom. The summed E-state index contributed by atoms with van der Waals surface area (Å²) < 4.78 is 7.43. The number of aryl methyl sites for hydroxylation is 1. The van der Waals surface area contributed by atoms with Crippen LogP contribution in [0.15, 0.2) is 24.4 Å². The second kappa shape index (κ2) is 6.64. The molecule has 132 valence electrons. The molecule has 1 fully saturated rings. The summed E-state index contributed by atoms with van der Waals surface area (Å²) in [6.45, 7) is 7.38. The van der Waals surface area contributed by atoms with Crippen LogP contribution in [0.25, 0.3) is 0 Å². The van der Waals surface area contributed by atoms with Crippen LogP contribution in [0.3, 0.4) is 0 Å². The van der Waals surface area contributed by atoms with Gasteiger partial charge in [0, 0.05) is 32.0 Å². The minimum absolute atomic E-state index is 0.0729. The Kier molecular flexibility index (Phi) is 4.34. The van der Waals surface area contributed by atoms with E-state index >= 15 is 0 Å². The van der Waals surface area contributed by atoms with Crippen molar-refractivity contribution in [3.63, 3.8) is 0 Å². The van der Waals surface area contributed by atoms with E-state index in [1.54, 1.807) is 6.20 Å². The van der Waals surface area contributed by atoms with Crippen LogP contribution in [0.4, 0.5) is 5.69 Å². The summed E-state index contributed by atoms with van der Waals surface area (Å²) in [4.78, 5) is 15.1. The molecule has 1 aromatic heterocycles. The minimum atomic E-state index is 0.0729. The Balaban J connectivity index is 1.56. The molecule has 4 rings (SSSR count). The molecule has 2 aliphatic rings. The summed E-state index contributed by atoms with van der Waals surface area (Å²) in [5.41, 5.74) is 5.21. The molecule has 1 amide bonds. The van der Waals surface area contributed by atoms with Crippen molar-refractivity contribution in [2.75, 3.05) is 24.7 Å². The summed E-state index contributed by atoms with van der Waals surface area (Å²) in [6, 6.07) is 6.27. The predicted molar refractivity (Wildman–Crippen MR) is 97.1 cm³/mol. The zero-order valence-electron chi connectivity index (χ0n) is 15.0. The molecule has 5 nitrogen and oxygen atoms in total. The van der Waals surface area contributed by atoms with Crippen LogP contribution >= 0.6 is 0 Å². The van der Waals surface area contributed by atoms with Crippen molar-refractivity contribution < 1.29 is 9.53 Å². The van der Waals surface area contributed by atoms with E-state index < -0.39 is 0 Å². The van der Waals surface area contributed by atoms with Gasteiger partial charge in [-0.15, -0.1) is 0 Å². The molecule has 2 aliphatic heterocycles. The first kappa shape index (κ1) is 16.3. The summed E-state index contributed by atoms with van der Waals surface area (Å²) in [7, 11) is 0. The molecular weight excluding hydrogens is 314 g/mol. The van der Waals surface area contributed by atoms with Gasteiger partial charge in [0.2, 0.25) is 0 Å². The van der Waals surface area contributed by atoms with Crippen LogP contribution in [0, 0.1) is 19.8 Å². The molecule has 0 spiro atoms. The molecular formula is C20H25N3O2. The molecule has 0 unspecified atom stereocenters. The molecule has 0 aliphatic carbocycles. The highest BCUT2D eigenvalue weighted by Crippen LogP contribution is 2.33. The van der Waals surface area contributed by atoms with E-state index in [-0.39, 0.29) is 5.91 Å². The number of fused-ring (bicyclic) bond motifs is 1. The van der Waals surface area contributed by atoms with E-state index in [4.69, 9.17) is 4.74 Å². The number of nitrogens with zero attached hydrogens (tertiary/aromatic N) is 3. The largest absolute Gasteiger partial charge is 0.381 e. The molecule has 25 heavy (non-hydrogen) atoms. The lowest BCUT2D eigenvalue weighted by Gasteiger charge is -2.22. The highest BCUT2D eigenvalue weighted by molar-refractivity contribution is 6.08. The van der Waals surface area contributed by atoms with Crippen molar-refractivity contribution in [2.45, 2.75) is 39.7 Å². The standard InChI is InChI=1S/C20H25N3O2/c1-14-4-3-5-17-6-9-22(19(14)17)20(24)18-12-21-23(15(18)2)13-16-7-10-25-11-8-16/h3-5,12,16H,6-11,13H2,1-2H3. The fraction of sp³-hybridized carbons (Fsp3) is 0.500. The van der Waals surface area contributed by atoms with Crippen molar-refractivity contribution in [3.8, 4) is 0 Å². The van der Waals surface area contributed by atoms with Crippen LogP contribution in [0.1, 0.15) is 40.0 Å². The molecule has 0 N–H and O–H groups in total. The molecule has 0 saturated carbocycles. The van der Waals surface area contributed by atoms with Gasteiger partial charge >= 0.3 is 0 Å². The predicted octanol–water partition coefficient (Wildman–Crippen LogP) is 3.13. The van der Waals surface area contributed by atoms with Gasteiger partial charge in [-0.05, 0) is 50.2 Å². The summed E-state index contributed by atoms with van der Waals surface area (Å²) in [5.74, 6) is 0.661. The smallest absolute Gasteiger partial charge is 0.261 e. The normalized spacial score (nSPS) is 17.8. The lowest BCUT2D eigenvalue weighted by atomic mass is 10.0. The third-order valence-corrected chi connectivity index (χ3v) is 5.55. The monoisotopic (exact) mass is 339 g/mol. The second-order valence-electron chi connectivity index (χ2n) is 7.17. The number of carbonyl (C=O) groups excluding carboxylic acids is 1. The van der Waals surface area contributed by atoms with Crippen LogP contribution < -0.4 is 4.90 Å². The first-order valence-electron chi connectivity index (χ1n) is 9.15. The molecule has 0 atom stereocenters. The van der Waals surface area contributed by atoms with Crippen LogP contribution in [-0.4, -0.2) is 35.4 Å². The Bertz CT molecular complexity index is 790. The number of amides is 1. The van der Waals surface area contributed by atoms with E-state index in [1.165, 1.54) is 5.56 Å². The Labute approximate surface area is 148 Å². The zero-order chi connectivity index (χ0) is 17.4. The maximum atomic E-state index is 13.1. The van der Waals surface area contributed by atoms with Crippen molar-refractivity contribution >= 4 is 11.6 Å². The maximum absolute atomic E-state index is 13.1. The second-order valence-corrected chi connectivity index (χ2v) is 7.17. The van der Waals surface area contributed by atoms with E-state index in [0.29, 0.717) is 5.92 Å². The number of ether oxygens (including phenoxy) is 1. The molecule has 0 bridgehead atoms. The first-order valence-corrected chi connectivity index (χ1v) is 9.15. The van der Waals surface area contributed by atoms with Gasteiger partial charge in [0.1, 0.15) is 0 Å². The number of benzene rings is 1. The van der Waals surface area contributed by atoms with Gasteiger partial charge in [0.15, 0.2) is 0 Å². The van der Waals surface area contributed by atoms with Crippen LogP contribution in [0.2, 0.25) is 0 Å². The van der Waals surface area contributed by atoms with E-state index in [9.17, 15) is 4.79 Å². The Hall–Kier alpha value is -2.14. The molecule has 2 aromatic rings. The SMILES string of the molecule is Cc1cccc2c1N(C(=O)c1cnn(CC3CCOCC3)c1C)CC2. The third-order valence-electron chi connectivity index (χ3n) is 5.55. The third kappa shape index (κ3) is 2.97. The number of aromatic nitrogens is 2. The van der Waals surface area contributed by atoms with Gasteiger partial charge in [-0.3, -0.25) is 9.48 Å². The highest BCUT2D eigenvalue weighted by atomic mass is 16.5. The van der Waals surface area contributed by atoms with Gasteiger partial charge in [-0.1, -0.05) is 18.2 Å². The van der Waals surface area contributed by atoms with E-state index in [1.807, 2.05) is 16.5 Å². The van der Waals surface area contributed by atoms with Gasteiger partial charge in [0.25, 0.3) is 5.91 Å². The number of hydrogen-bond acceptors (Lipinski definition) is 3. The van der Waals surface area contributed by atoms with Crippen molar-refractivity contribution in [1.82, 2.24) is 9.78 Å². The average Bonchev–Trinajstić information content (AvgIpc) is 3.21. The van der Waals surface area contributed by atoms with Gasteiger partial charge in [0.05, 0.1) is 17.4 Å². The molecule has 0 radical (unpaired) electrons.